The Hall–Kier alpha value is -4.38. The summed E-state index contributed by atoms with van der Waals surface area (Å²) in [4.78, 5) is 31.5. The first kappa shape index (κ1) is 27.2. The fourth-order valence-corrected chi connectivity index (χ4v) is 4.75. The summed E-state index contributed by atoms with van der Waals surface area (Å²) in [6.45, 7) is 7.37. The molecule has 2 aromatic heterocycles. The molecule has 0 saturated carbocycles. The first-order chi connectivity index (χ1) is 19.3. The molecule has 2 aromatic carbocycles. The number of nitrogens with zero attached hydrogens (tertiary/aromatic N) is 6. The maximum absolute atomic E-state index is 13.0. The van der Waals surface area contributed by atoms with Gasteiger partial charge in [0.05, 0.1) is 27.7 Å². The SMILES string of the molecule is COc1cc(Nc2nc(-c3ccc(C(=O)N4CCN(C)CC4)cc3)nc3c2ncn3C(C)C)cc(OC)c1OC. The van der Waals surface area contributed by atoms with Crippen molar-refractivity contribution in [2.45, 2.75) is 19.9 Å². The number of aromatic nitrogens is 4. The summed E-state index contributed by atoms with van der Waals surface area (Å²) < 4.78 is 18.5. The average molecular weight is 546 g/mol. The molecule has 0 unspecified atom stereocenters. The van der Waals surface area contributed by atoms with Crippen molar-refractivity contribution in [3.63, 3.8) is 0 Å². The molecule has 1 aliphatic rings. The third kappa shape index (κ3) is 5.24. The number of hydrogen-bond donors (Lipinski definition) is 1. The summed E-state index contributed by atoms with van der Waals surface area (Å²) in [6, 6.07) is 11.2. The Morgan fingerprint density at radius 2 is 1.57 bits per heavy atom. The highest BCUT2D eigenvalue weighted by Gasteiger charge is 2.22. The largest absolute Gasteiger partial charge is 0.493 e. The second-order valence-electron chi connectivity index (χ2n) is 10.0. The number of benzene rings is 2. The highest BCUT2D eigenvalue weighted by molar-refractivity contribution is 5.95. The van der Waals surface area contributed by atoms with E-state index in [1.807, 2.05) is 45.9 Å². The summed E-state index contributed by atoms with van der Waals surface area (Å²) >= 11 is 0. The quantitative estimate of drug-likeness (QED) is 0.348. The van der Waals surface area contributed by atoms with Crippen molar-refractivity contribution in [1.82, 2.24) is 29.3 Å². The number of fused-ring (bicyclic) bond motifs is 1. The number of methoxy groups -OCH3 is 3. The van der Waals surface area contributed by atoms with Crippen LogP contribution >= 0.6 is 0 Å². The molecule has 1 aliphatic heterocycles. The van der Waals surface area contributed by atoms with Crippen LogP contribution in [0.15, 0.2) is 42.7 Å². The van der Waals surface area contributed by atoms with Crippen LogP contribution in [-0.2, 0) is 0 Å². The molecule has 0 atom stereocenters. The highest BCUT2D eigenvalue weighted by Crippen LogP contribution is 2.41. The zero-order valence-corrected chi connectivity index (χ0v) is 23.8. The van der Waals surface area contributed by atoms with Crippen molar-refractivity contribution >= 4 is 28.6 Å². The van der Waals surface area contributed by atoms with E-state index in [1.54, 1.807) is 27.7 Å². The van der Waals surface area contributed by atoms with Crippen LogP contribution in [0.5, 0.6) is 17.2 Å². The maximum Gasteiger partial charge on any atom is 0.253 e. The van der Waals surface area contributed by atoms with Gasteiger partial charge in [-0.05, 0) is 33.0 Å². The lowest BCUT2D eigenvalue weighted by molar-refractivity contribution is 0.0664. The van der Waals surface area contributed by atoms with E-state index in [0.29, 0.717) is 51.3 Å². The molecule has 0 spiro atoms. The summed E-state index contributed by atoms with van der Waals surface area (Å²) in [5.41, 5.74) is 3.46. The predicted octanol–water partition coefficient (Wildman–Crippen LogP) is 4.23. The van der Waals surface area contributed by atoms with Crippen molar-refractivity contribution in [1.29, 1.82) is 0 Å². The minimum Gasteiger partial charge on any atom is -0.493 e. The third-order valence-corrected chi connectivity index (χ3v) is 7.09. The molecule has 0 bridgehead atoms. The Morgan fingerprint density at radius 3 is 2.15 bits per heavy atom. The Labute approximate surface area is 233 Å². The van der Waals surface area contributed by atoms with Crippen molar-refractivity contribution in [2.24, 2.45) is 0 Å². The van der Waals surface area contributed by atoms with Gasteiger partial charge in [-0.15, -0.1) is 0 Å². The van der Waals surface area contributed by atoms with Gasteiger partial charge in [-0.3, -0.25) is 4.79 Å². The van der Waals surface area contributed by atoms with Crippen LogP contribution < -0.4 is 19.5 Å². The lowest BCUT2D eigenvalue weighted by atomic mass is 10.1. The number of hydrogen-bond acceptors (Lipinski definition) is 9. The van der Waals surface area contributed by atoms with Crippen molar-refractivity contribution in [3.05, 3.63) is 48.3 Å². The number of anilines is 2. The van der Waals surface area contributed by atoms with E-state index in [1.165, 1.54) is 0 Å². The number of amides is 1. The third-order valence-electron chi connectivity index (χ3n) is 7.09. The Bertz CT molecular complexity index is 1480. The van der Waals surface area contributed by atoms with Gasteiger partial charge in [0.1, 0.15) is 0 Å². The fraction of sp³-hybridized carbons (Fsp3) is 0.379. The molecule has 5 rings (SSSR count). The van der Waals surface area contributed by atoms with E-state index in [0.717, 1.165) is 31.7 Å². The monoisotopic (exact) mass is 545 g/mol. The molecule has 40 heavy (non-hydrogen) atoms. The van der Waals surface area contributed by atoms with Crippen LogP contribution in [-0.4, -0.2) is 89.8 Å². The Kier molecular flexibility index (Phi) is 7.74. The molecule has 11 nitrogen and oxygen atoms in total. The van der Waals surface area contributed by atoms with E-state index in [4.69, 9.17) is 24.2 Å². The van der Waals surface area contributed by atoms with Gasteiger partial charge >= 0.3 is 0 Å². The van der Waals surface area contributed by atoms with Crippen molar-refractivity contribution in [3.8, 4) is 28.6 Å². The summed E-state index contributed by atoms with van der Waals surface area (Å²) in [5.74, 6) is 2.62. The van der Waals surface area contributed by atoms with Gasteiger partial charge in [0.15, 0.2) is 34.3 Å². The summed E-state index contributed by atoms with van der Waals surface area (Å²) in [6.07, 6.45) is 1.77. The van der Waals surface area contributed by atoms with Crippen LogP contribution in [0.1, 0.15) is 30.2 Å². The maximum atomic E-state index is 13.0. The lowest BCUT2D eigenvalue weighted by Gasteiger charge is -2.32. The molecule has 0 radical (unpaired) electrons. The topological polar surface area (TPSA) is 107 Å². The normalized spacial score (nSPS) is 14.0. The van der Waals surface area contributed by atoms with Crippen LogP contribution in [0, 0.1) is 0 Å². The molecule has 1 amide bonds. The van der Waals surface area contributed by atoms with E-state index in [2.05, 4.69) is 36.1 Å². The van der Waals surface area contributed by atoms with Gasteiger partial charge in [-0.25, -0.2) is 15.0 Å². The summed E-state index contributed by atoms with van der Waals surface area (Å²) in [7, 11) is 6.79. The minimum atomic E-state index is 0.0404. The second kappa shape index (κ2) is 11.4. The zero-order valence-electron chi connectivity index (χ0n) is 23.8. The molecular weight excluding hydrogens is 510 g/mol. The van der Waals surface area contributed by atoms with Crippen molar-refractivity contribution in [2.75, 3.05) is 59.9 Å². The number of carbonyl (C=O) groups is 1. The molecule has 11 heteroatoms. The Balaban J connectivity index is 1.52. The van der Waals surface area contributed by atoms with E-state index in [9.17, 15) is 4.79 Å². The Morgan fingerprint density at radius 1 is 0.925 bits per heavy atom. The molecule has 4 aromatic rings. The van der Waals surface area contributed by atoms with Gasteiger partial charge in [0, 0.05) is 61.2 Å². The van der Waals surface area contributed by atoms with E-state index >= 15 is 0 Å². The zero-order chi connectivity index (χ0) is 28.4. The molecule has 1 fully saturated rings. The minimum absolute atomic E-state index is 0.0404. The van der Waals surface area contributed by atoms with Crippen LogP contribution in [0.4, 0.5) is 11.5 Å². The standard InChI is InChI=1S/C29H35N7O4/c1-18(2)36-17-30-24-27(31-21-15-22(38-4)25(40-6)23(16-21)39-5)32-26(33-28(24)36)19-7-9-20(10-8-19)29(37)35-13-11-34(3)12-14-35/h7-10,15-18H,11-14H2,1-6H3,(H,31,32,33). The number of piperazine rings is 1. The number of carbonyl (C=O) groups excluding carboxylic acids is 1. The van der Waals surface area contributed by atoms with Crippen molar-refractivity contribution < 1.29 is 19.0 Å². The molecule has 1 N–H and O–H groups in total. The first-order valence-electron chi connectivity index (χ1n) is 13.2. The van der Waals surface area contributed by atoms with Gasteiger partial charge in [0.2, 0.25) is 5.75 Å². The number of rotatable bonds is 8. The number of likely N-dealkylation sites (N-methyl/N-ethyl adjacent to an activating group) is 1. The highest BCUT2D eigenvalue weighted by atomic mass is 16.5. The fourth-order valence-electron chi connectivity index (χ4n) is 4.75. The smallest absolute Gasteiger partial charge is 0.253 e. The predicted molar refractivity (Wildman–Crippen MR) is 154 cm³/mol. The van der Waals surface area contributed by atoms with Gasteiger partial charge in [-0.1, -0.05) is 12.1 Å². The molecule has 210 valence electrons. The first-order valence-corrected chi connectivity index (χ1v) is 13.2. The number of nitrogens with one attached hydrogen (secondary N) is 1. The van der Waals surface area contributed by atoms with Crippen LogP contribution in [0.2, 0.25) is 0 Å². The molecule has 1 saturated heterocycles. The lowest BCUT2D eigenvalue weighted by Crippen LogP contribution is -2.47. The molecule has 0 aliphatic carbocycles. The van der Waals surface area contributed by atoms with E-state index in [-0.39, 0.29) is 11.9 Å². The van der Waals surface area contributed by atoms with E-state index < -0.39 is 0 Å². The summed E-state index contributed by atoms with van der Waals surface area (Å²) in [5, 5.41) is 3.38. The van der Waals surface area contributed by atoms with Crippen LogP contribution in [0.25, 0.3) is 22.6 Å². The molecule has 3 heterocycles. The number of imidazole rings is 1. The van der Waals surface area contributed by atoms with Gasteiger partial charge in [-0.2, -0.15) is 0 Å². The van der Waals surface area contributed by atoms with Gasteiger partial charge in [0.25, 0.3) is 5.91 Å². The second-order valence-corrected chi connectivity index (χ2v) is 10.0. The van der Waals surface area contributed by atoms with Crippen LogP contribution in [0.3, 0.4) is 0 Å². The van der Waals surface area contributed by atoms with Gasteiger partial charge < -0.3 is 33.9 Å². The molecular formula is C29H35N7O4. The average Bonchev–Trinajstić information content (AvgIpc) is 3.41. The number of ether oxygens (including phenoxy) is 3.